The number of esters is 1. The first-order chi connectivity index (χ1) is 9.63. The summed E-state index contributed by atoms with van der Waals surface area (Å²) in [7, 11) is 1.34. The Balaban J connectivity index is 2.22. The third kappa shape index (κ3) is 2.87. The SMILES string of the molecule is COC(=O)c1ccc(Nc2cc(C#N)ccc2N)cc1. The van der Waals surface area contributed by atoms with E-state index >= 15 is 0 Å². The number of carbonyl (C=O) groups excluding carboxylic acids is 1. The molecule has 0 bridgehead atoms. The number of methoxy groups -OCH3 is 1. The molecule has 0 saturated carbocycles. The highest BCUT2D eigenvalue weighted by Gasteiger charge is 2.05. The molecule has 0 fully saturated rings. The molecule has 0 radical (unpaired) electrons. The van der Waals surface area contributed by atoms with Gasteiger partial charge in [0.1, 0.15) is 0 Å². The zero-order valence-electron chi connectivity index (χ0n) is 10.9. The minimum Gasteiger partial charge on any atom is -0.465 e. The average molecular weight is 267 g/mol. The zero-order chi connectivity index (χ0) is 14.5. The van der Waals surface area contributed by atoms with Gasteiger partial charge in [-0.05, 0) is 42.5 Å². The van der Waals surface area contributed by atoms with E-state index in [-0.39, 0.29) is 5.97 Å². The molecule has 0 aliphatic heterocycles. The molecule has 0 heterocycles. The minimum atomic E-state index is -0.387. The smallest absolute Gasteiger partial charge is 0.337 e. The third-order valence-electron chi connectivity index (χ3n) is 2.77. The van der Waals surface area contributed by atoms with Crippen LogP contribution in [0.4, 0.5) is 17.1 Å². The summed E-state index contributed by atoms with van der Waals surface area (Å²) in [6.07, 6.45) is 0. The van der Waals surface area contributed by atoms with Crippen LogP contribution in [0.1, 0.15) is 15.9 Å². The molecule has 0 spiro atoms. The molecular weight excluding hydrogens is 254 g/mol. The third-order valence-corrected chi connectivity index (χ3v) is 2.77. The number of hydrogen-bond acceptors (Lipinski definition) is 5. The molecule has 0 atom stereocenters. The number of nitrogens with zero attached hydrogens (tertiary/aromatic N) is 1. The van der Waals surface area contributed by atoms with Gasteiger partial charge in [0.05, 0.1) is 35.7 Å². The first-order valence-electron chi connectivity index (χ1n) is 5.89. The van der Waals surface area contributed by atoms with Crippen LogP contribution in [-0.2, 0) is 4.74 Å². The summed E-state index contributed by atoms with van der Waals surface area (Å²) in [5, 5.41) is 12.0. The molecule has 2 rings (SSSR count). The van der Waals surface area contributed by atoms with Crippen LogP contribution in [0.5, 0.6) is 0 Å². The molecule has 0 aliphatic carbocycles. The standard InChI is InChI=1S/C15H13N3O2/c1-20-15(19)11-3-5-12(6-4-11)18-14-8-10(9-16)2-7-13(14)17/h2-8,18H,17H2,1H3. The van der Waals surface area contributed by atoms with Crippen molar-refractivity contribution in [2.75, 3.05) is 18.2 Å². The van der Waals surface area contributed by atoms with E-state index in [4.69, 9.17) is 11.0 Å². The lowest BCUT2D eigenvalue weighted by molar-refractivity contribution is 0.0601. The fourth-order valence-corrected chi connectivity index (χ4v) is 1.70. The number of anilines is 3. The van der Waals surface area contributed by atoms with Gasteiger partial charge in [-0.2, -0.15) is 5.26 Å². The van der Waals surface area contributed by atoms with E-state index in [2.05, 4.69) is 16.1 Å². The summed E-state index contributed by atoms with van der Waals surface area (Å²) in [6.45, 7) is 0. The number of nitrogens with one attached hydrogen (secondary N) is 1. The van der Waals surface area contributed by atoms with Crippen molar-refractivity contribution in [2.45, 2.75) is 0 Å². The lowest BCUT2D eigenvalue weighted by Crippen LogP contribution is -2.01. The van der Waals surface area contributed by atoms with Gasteiger partial charge < -0.3 is 15.8 Å². The van der Waals surface area contributed by atoms with Gasteiger partial charge in [-0.15, -0.1) is 0 Å². The molecule has 100 valence electrons. The van der Waals surface area contributed by atoms with Crippen molar-refractivity contribution in [1.82, 2.24) is 0 Å². The number of hydrogen-bond donors (Lipinski definition) is 2. The molecule has 0 amide bonds. The summed E-state index contributed by atoms with van der Waals surface area (Å²) in [5.41, 5.74) is 8.79. The van der Waals surface area contributed by atoms with Crippen LogP contribution in [0.3, 0.4) is 0 Å². The first-order valence-corrected chi connectivity index (χ1v) is 5.89. The molecule has 2 aromatic rings. The second-order valence-electron chi connectivity index (χ2n) is 4.11. The van der Waals surface area contributed by atoms with Crippen LogP contribution < -0.4 is 11.1 Å². The monoisotopic (exact) mass is 267 g/mol. The first kappa shape index (κ1) is 13.4. The lowest BCUT2D eigenvalue weighted by Gasteiger charge is -2.10. The maximum Gasteiger partial charge on any atom is 0.337 e. The van der Waals surface area contributed by atoms with Crippen molar-refractivity contribution in [2.24, 2.45) is 0 Å². The maximum atomic E-state index is 11.3. The molecule has 2 aromatic carbocycles. The number of carbonyl (C=O) groups is 1. The van der Waals surface area contributed by atoms with Crippen molar-refractivity contribution < 1.29 is 9.53 Å². The van der Waals surface area contributed by atoms with Crippen LogP contribution in [0.25, 0.3) is 0 Å². The van der Waals surface area contributed by atoms with E-state index in [0.717, 1.165) is 5.69 Å². The Morgan fingerprint density at radius 1 is 1.25 bits per heavy atom. The molecule has 20 heavy (non-hydrogen) atoms. The van der Waals surface area contributed by atoms with Crippen LogP contribution >= 0.6 is 0 Å². The highest BCUT2D eigenvalue weighted by Crippen LogP contribution is 2.24. The van der Waals surface area contributed by atoms with Gasteiger partial charge in [-0.25, -0.2) is 4.79 Å². The Labute approximate surface area is 116 Å². The van der Waals surface area contributed by atoms with Crippen molar-refractivity contribution in [3.05, 3.63) is 53.6 Å². The number of benzene rings is 2. The number of nitrogens with two attached hydrogens (primary N) is 1. The molecule has 0 aromatic heterocycles. The topological polar surface area (TPSA) is 88.1 Å². The molecule has 5 heteroatoms. The highest BCUT2D eigenvalue weighted by atomic mass is 16.5. The Morgan fingerprint density at radius 2 is 1.95 bits per heavy atom. The lowest BCUT2D eigenvalue weighted by atomic mass is 10.1. The van der Waals surface area contributed by atoms with E-state index in [0.29, 0.717) is 22.5 Å². The second kappa shape index (κ2) is 5.76. The Bertz CT molecular complexity index is 673. The molecule has 0 aliphatic rings. The van der Waals surface area contributed by atoms with Crippen molar-refractivity contribution in [1.29, 1.82) is 5.26 Å². The number of nitriles is 1. The van der Waals surface area contributed by atoms with E-state index in [1.165, 1.54) is 7.11 Å². The molecule has 3 N–H and O–H groups in total. The number of ether oxygens (including phenoxy) is 1. The molecule has 0 saturated heterocycles. The van der Waals surface area contributed by atoms with Crippen LogP contribution in [0, 0.1) is 11.3 Å². The zero-order valence-corrected chi connectivity index (χ0v) is 10.9. The van der Waals surface area contributed by atoms with E-state index in [1.807, 2.05) is 0 Å². The number of rotatable bonds is 3. The van der Waals surface area contributed by atoms with Crippen molar-refractivity contribution in [3.63, 3.8) is 0 Å². The van der Waals surface area contributed by atoms with Crippen LogP contribution in [-0.4, -0.2) is 13.1 Å². The van der Waals surface area contributed by atoms with E-state index in [1.54, 1.807) is 42.5 Å². The normalized spacial score (nSPS) is 9.60. The predicted octanol–water partition coefficient (Wildman–Crippen LogP) is 2.67. The van der Waals surface area contributed by atoms with Gasteiger partial charge in [0.2, 0.25) is 0 Å². The fourth-order valence-electron chi connectivity index (χ4n) is 1.70. The summed E-state index contributed by atoms with van der Waals surface area (Å²) in [4.78, 5) is 11.3. The van der Waals surface area contributed by atoms with E-state index in [9.17, 15) is 4.79 Å². The fraction of sp³-hybridized carbons (Fsp3) is 0.0667. The minimum absolute atomic E-state index is 0.387. The molecular formula is C15H13N3O2. The summed E-state index contributed by atoms with van der Waals surface area (Å²) in [6, 6.07) is 13.8. The van der Waals surface area contributed by atoms with Gasteiger partial charge in [-0.3, -0.25) is 0 Å². The summed E-state index contributed by atoms with van der Waals surface area (Å²) < 4.78 is 4.63. The van der Waals surface area contributed by atoms with Gasteiger partial charge >= 0.3 is 5.97 Å². The Kier molecular flexibility index (Phi) is 3.87. The van der Waals surface area contributed by atoms with Crippen molar-refractivity contribution >= 4 is 23.0 Å². The number of nitrogen functional groups attached to an aromatic ring is 1. The van der Waals surface area contributed by atoms with Crippen molar-refractivity contribution in [3.8, 4) is 6.07 Å². The summed E-state index contributed by atoms with van der Waals surface area (Å²) in [5.74, 6) is -0.387. The predicted molar refractivity (Wildman–Crippen MR) is 76.6 cm³/mol. The second-order valence-corrected chi connectivity index (χ2v) is 4.11. The maximum absolute atomic E-state index is 11.3. The van der Waals surface area contributed by atoms with Gasteiger partial charge in [0, 0.05) is 5.69 Å². The Hall–Kier alpha value is -3.00. The van der Waals surface area contributed by atoms with Crippen LogP contribution in [0.2, 0.25) is 0 Å². The van der Waals surface area contributed by atoms with Gasteiger partial charge in [-0.1, -0.05) is 0 Å². The molecule has 5 nitrogen and oxygen atoms in total. The quantitative estimate of drug-likeness (QED) is 0.659. The Morgan fingerprint density at radius 3 is 2.55 bits per heavy atom. The molecule has 0 unspecified atom stereocenters. The van der Waals surface area contributed by atoms with Gasteiger partial charge in [0.15, 0.2) is 0 Å². The average Bonchev–Trinajstić information content (AvgIpc) is 2.49. The summed E-state index contributed by atoms with van der Waals surface area (Å²) >= 11 is 0. The van der Waals surface area contributed by atoms with E-state index < -0.39 is 0 Å². The van der Waals surface area contributed by atoms with Crippen LogP contribution in [0.15, 0.2) is 42.5 Å². The van der Waals surface area contributed by atoms with Gasteiger partial charge in [0.25, 0.3) is 0 Å². The highest BCUT2D eigenvalue weighted by molar-refractivity contribution is 5.90. The largest absolute Gasteiger partial charge is 0.465 e.